The van der Waals surface area contributed by atoms with Crippen molar-refractivity contribution < 1.29 is 9.50 Å². The first-order valence-corrected chi connectivity index (χ1v) is 8.86. The summed E-state index contributed by atoms with van der Waals surface area (Å²) in [6.07, 6.45) is 9.52. The number of halogens is 1. The average Bonchev–Trinajstić information content (AvgIpc) is 3.42. The van der Waals surface area contributed by atoms with E-state index in [9.17, 15) is 9.50 Å². The molecule has 10 heteroatoms. The molecule has 0 amide bonds. The first kappa shape index (κ1) is 16.5. The van der Waals surface area contributed by atoms with Crippen LogP contribution in [-0.2, 0) is 0 Å². The number of aromatic nitrogens is 6. The number of fused-ring (bicyclic) bond motifs is 1. The summed E-state index contributed by atoms with van der Waals surface area (Å²) in [4.78, 5) is 14.6. The second-order valence-corrected chi connectivity index (χ2v) is 6.66. The number of hydrogen-bond donors (Lipinski definition) is 2. The van der Waals surface area contributed by atoms with Gasteiger partial charge in [-0.2, -0.15) is 5.10 Å². The number of pyridine rings is 1. The van der Waals surface area contributed by atoms with E-state index in [-0.39, 0.29) is 11.9 Å². The van der Waals surface area contributed by atoms with E-state index in [0.29, 0.717) is 28.7 Å². The molecule has 5 rings (SSSR count). The fourth-order valence-electron chi connectivity index (χ4n) is 3.75. The van der Waals surface area contributed by atoms with Crippen molar-refractivity contribution in [3.05, 3.63) is 54.5 Å². The van der Waals surface area contributed by atoms with Crippen molar-refractivity contribution in [3.8, 4) is 11.6 Å². The lowest BCUT2D eigenvalue weighted by Gasteiger charge is -2.26. The molecule has 9 nitrogen and oxygen atoms in total. The van der Waals surface area contributed by atoms with Gasteiger partial charge in [0.15, 0.2) is 5.65 Å². The van der Waals surface area contributed by atoms with Gasteiger partial charge in [-0.3, -0.25) is 4.57 Å². The van der Waals surface area contributed by atoms with Crippen LogP contribution in [0.4, 0.5) is 16.2 Å². The van der Waals surface area contributed by atoms with Gasteiger partial charge in [0.1, 0.15) is 17.3 Å². The van der Waals surface area contributed by atoms with Crippen LogP contribution in [0.1, 0.15) is 24.4 Å². The van der Waals surface area contributed by atoms with Gasteiger partial charge >= 0.3 is 0 Å². The molecule has 0 saturated carbocycles. The van der Waals surface area contributed by atoms with Gasteiger partial charge in [0.25, 0.3) is 0 Å². The summed E-state index contributed by atoms with van der Waals surface area (Å²) in [6, 6.07) is 2.98. The van der Waals surface area contributed by atoms with E-state index < -0.39 is 5.82 Å². The second-order valence-electron chi connectivity index (χ2n) is 6.66. The van der Waals surface area contributed by atoms with E-state index in [1.807, 2.05) is 17.2 Å². The summed E-state index contributed by atoms with van der Waals surface area (Å²) in [5.74, 6) is 0.420. The number of rotatable bonds is 3. The third-order valence-corrected chi connectivity index (χ3v) is 5.03. The fraction of sp³-hybridized carbons (Fsp3) is 0.222. The Morgan fingerprint density at radius 3 is 2.93 bits per heavy atom. The molecule has 4 aromatic rings. The third-order valence-electron chi connectivity index (χ3n) is 5.03. The predicted molar refractivity (Wildman–Crippen MR) is 99.7 cm³/mol. The maximum atomic E-state index is 13.7. The molecule has 0 unspecified atom stereocenters. The Morgan fingerprint density at radius 2 is 2.11 bits per heavy atom. The molecule has 1 aliphatic heterocycles. The van der Waals surface area contributed by atoms with Gasteiger partial charge in [0, 0.05) is 30.7 Å². The first-order valence-electron chi connectivity index (χ1n) is 8.86. The molecule has 3 N–H and O–H groups in total. The summed E-state index contributed by atoms with van der Waals surface area (Å²) < 4.78 is 17.1. The van der Waals surface area contributed by atoms with Gasteiger partial charge in [0.2, 0.25) is 11.8 Å². The molecule has 4 aromatic heterocycles. The lowest BCUT2D eigenvalue weighted by atomic mass is 10.1. The fourth-order valence-corrected chi connectivity index (χ4v) is 3.75. The van der Waals surface area contributed by atoms with Crippen LogP contribution in [0.3, 0.4) is 0 Å². The van der Waals surface area contributed by atoms with Crippen molar-refractivity contribution in [1.29, 1.82) is 0 Å². The lowest BCUT2D eigenvalue weighted by molar-refractivity contribution is 0.434. The lowest BCUT2D eigenvalue weighted by Crippen LogP contribution is -2.24. The van der Waals surface area contributed by atoms with Crippen LogP contribution < -0.4 is 10.6 Å². The molecule has 0 aliphatic carbocycles. The zero-order valence-electron chi connectivity index (χ0n) is 14.8. The predicted octanol–water partition coefficient (Wildman–Crippen LogP) is 2.08. The normalized spacial score (nSPS) is 16.9. The van der Waals surface area contributed by atoms with Crippen LogP contribution in [0.2, 0.25) is 0 Å². The van der Waals surface area contributed by atoms with Crippen LogP contribution in [0.25, 0.3) is 11.3 Å². The average molecular weight is 380 g/mol. The molecule has 0 aromatic carbocycles. The van der Waals surface area contributed by atoms with Gasteiger partial charge in [-0.25, -0.2) is 23.9 Å². The number of hydrogen-bond acceptors (Lipinski definition) is 7. The number of aromatic hydroxyl groups is 1. The quantitative estimate of drug-likeness (QED) is 0.560. The molecule has 28 heavy (non-hydrogen) atoms. The van der Waals surface area contributed by atoms with Crippen LogP contribution >= 0.6 is 0 Å². The highest BCUT2D eigenvalue weighted by molar-refractivity contribution is 5.63. The monoisotopic (exact) mass is 380 g/mol. The van der Waals surface area contributed by atoms with Gasteiger partial charge < -0.3 is 15.7 Å². The largest absolute Gasteiger partial charge is 0.493 e. The number of nitrogen functional groups attached to an aromatic ring is 1. The van der Waals surface area contributed by atoms with Gasteiger partial charge in [-0.15, -0.1) is 0 Å². The molecule has 1 atom stereocenters. The molecule has 0 bridgehead atoms. The van der Waals surface area contributed by atoms with Crippen molar-refractivity contribution in [2.45, 2.75) is 18.9 Å². The number of anilines is 2. The minimum atomic E-state index is -0.475. The topological polar surface area (TPSA) is 110 Å². The van der Waals surface area contributed by atoms with Gasteiger partial charge in [-0.1, -0.05) is 0 Å². The third kappa shape index (κ3) is 2.53. The van der Waals surface area contributed by atoms with Crippen LogP contribution in [0.15, 0.2) is 43.1 Å². The van der Waals surface area contributed by atoms with E-state index in [1.165, 1.54) is 6.07 Å². The smallest absolute Gasteiger partial charge is 0.216 e. The van der Waals surface area contributed by atoms with E-state index in [0.717, 1.165) is 25.6 Å². The van der Waals surface area contributed by atoms with E-state index >= 15 is 0 Å². The summed E-state index contributed by atoms with van der Waals surface area (Å²) in [7, 11) is 0. The highest BCUT2D eigenvalue weighted by atomic mass is 19.1. The van der Waals surface area contributed by atoms with E-state index in [1.54, 1.807) is 27.7 Å². The molecular weight excluding hydrogens is 363 g/mol. The number of nitrogens with two attached hydrogens (primary N) is 1. The van der Waals surface area contributed by atoms with Crippen molar-refractivity contribution in [2.75, 3.05) is 17.2 Å². The van der Waals surface area contributed by atoms with Crippen molar-refractivity contribution in [3.63, 3.8) is 0 Å². The van der Waals surface area contributed by atoms with Crippen LogP contribution in [0, 0.1) is 5.82 Å². The minimum absolute atomic E-state index is 0.157. The summed E-state index contributed by atoms with van der Waals surface area (Å²) in [5.41, 5.74) is 7.71. The minimum Gasteiger partial charge on any atom is -0.493 e. The van der Waals surface area contributed by atoms with E-state index in [2.05, 4.69) is 15.1 Å². The Labute approximate surface area is 158 Å². The molecule has 0 spiro atoms. The SMILES string of the molecule is Nc1nccn1-c1cnn2ccc(N3CCC[C@@H]3c3cc(F)cnc3O)nc12. The second kappa shape index (κ2) is 6.19. The Hall–Kier alpha value is -3.69. The first-order chi connectivity index (χ1) is 13.6. The zero-order chi connectivity index (χ0) is 19.3. The summed E-state index contributed by atoms with van der Waals surface area (Å²) in [5, 5.41) is 14.5. The van der Waals surface area contributed by atoms with Gasteiger partial charge in [0.05, 0.1) is 18.4 Å². The Kier molecular flexibility index (Phi) is 3.64. The summed E-state index contributed by atoms with van der Waals surface area (Å²) >= 11 is 0. The molecule has 1 aliphatic rings. The van der Waals surface area contributed by atoms with Crippen molar-refractivity contribution in [1.82, 2.24) is 29.1 Å². The number of imidazole rings is 1. The molecule has 5 heterocycles. The molecule has 142 valence electrons. The van der Waals surface area contributed by atoms with E-state index in [4.69, 9.17) is 10.7 Å². The van der Waals surface area contributed by atoms with Gasteiger partial charge in [-0.05, 0) is 25.0 Å². The van der Waals surface area contributed by atoms with Crippen molar-refractivity contribution >= 4 is 17.4 Å². The van der Waals surface area contributed by atoms with Crippen molar-refractivity contribution in [2.24, 2.45) is 0 Å². The molecule has 1 saturated heterocycles. The maximum absolute atomic E-state index is 13.7. The molecule has 0 radical (unpaired) electrons. The summed E-state index contributed by atoms with van der Waals surface area (Å²) in [6.45, 7) is 0.737. The molecular formula is C18H17FN8O. The Bertz CT molecular complexity index is 1170. The zero-order valence-corrected chi connectivity index (χ0v) is 14.8. The highest BCUT2D eigenvalue weighted by Gasteiger charge is 2.30. The Balaban J connectivity index is 1.59. The standard InChI is InChI=1S/C18H17FN8O/c19-11-8-12(17(28)22-9-11)13-2-1-5-25(13)15-3-6-27-16(24-15)14(10-23-27)26-7-4-21-18(26)20/h3-4,6-10,13H,1-2,5H2,(H2,20,21)(H,22,28)/t13-/m1/s1. The van der Waals surface area contributed by atoms with Crippen LogP contribution in [-0.4, -0.2) is 40.8 Å². The van der Waals surface area contributed by atoms with Crippen LogP contribution in [0.5, 0.6) is 5.88 Å². The Morgan fingerprint density at radius 1 is 1.21 bits per heavy atom. The maximum Gasteiger partial charge on any atom is 0.216 e. The number of nitrogens with zero attached hydrogens (tertiary/aromatic N) is 7. The highest BCUT2D eigenvalue weighted by Crippen LogP contribution is 2.38. The molecule has 1 fully saturated rings.